The maximum atomic E-state index is 14.3. The summed E-state index contributed by atoms with van der Waals surface area (Å²) in [5.41, 5.74) is 2.76. The van der Waals surface area contributed by atoms with Crippen molar-refractivity contribution in [3.8, 4) is 0 Å². The largest absolute Gasteiger partial charge is 0.428 e. The molecule has 0 rings (SSSR count). The molecule has 1 nitrogen and oxygen atoms in total. The smallest absolute Gasteiger partial charge is 0.332 e. The van der Waals surface area contributed by atoms with E-state index in [1.165, 1.54) is 0 Å². The van der Waals surface area contributed by atoms with E-state index in [4.69, 9.17) is 4.65 Å². The molecule has 0 saturated heterocycles. The highest BCUT2D eigenvalue weighted by molar-refractivity contribution is 6.64. The second-order valence-corrected chi connectivity index (χ2v) is 7.95. The number of alkyl halides is 1. The minimum Gasteiger partial charge on any atom is -0.428 e. The molecule has 0 aliphatic heterocycles. The summed E-state index contributed by atoms with van der Waals surface area (Å²) in [4.78, 5) is 0. The van der Waals surface area contributed by atoms with Crippen LogP contribution in [0.2, 0.25) is 5.31 Å². The molecule has 0 spiro atoms. The highest BCUT2D eigenvalue weighted by Gasteiger charge is 2.36. The van der Waals surface area contributed by atoms with Crippen LogP contribution in [0.5, 0.6) is 0 Å². The van der Waals surface area contributed by atoms with E-state index in [2.05, 4.69) is 39.8 Å². The van der Waals surface area contributed by atoms with Crippen molar-refractivity contribution in [1.29, 1.82) is 0 Å². The predicted octanol–water partition coefficient (Wildman–Crippen LogP) is 7.28. The van der Waals surface area contributed by atoms with Gasteiger partial charge in [0.15, 0.2) is 0 Å². The molecule has 3 heteroatoms. The molecule has 0 aromatic heterocycles. The Morgan fingerprint density at radius 3 is 2.16 bits per heavy atom. The number of allylic oxidation sites excluding steroid dienone is 8. The van der Waals surface area contributed by atoms with Crippen molar-refractivity contribution in [2.75, 3.05) is 0 Å². The molecular formula is C22H38BFO. The second kappa shape index (κ2) is 11.5. The molecule has 0 aromatic carbocycles. The summed E-state index contributed by atoms with van der Waals surface area (Å²) < 4.78 is 20.5. The van der Waals surface area contributed by atoms with Crippen LogP contribution in [0.4, 0.5) is 4.39 Å². The summed E-state index contributed by atoms with van der Waals surface area (Å²) in [6.07, 6.45) is 11.3. The molecule has 0 bridgehead atoms. The molecule has 0 aromatic rings. The Bertz CT molecular complexity index is 505. The third kappa shape index (κ3) is 8.71. The zero-order chi connectivity index (χ0) is 19.6. The van der Waals surface area contributed by atoms with E-state index in [1.807, 2.05) is 45.9 Å². The Kier molecular flexibility index (Phi) is 11.0. The first kappa shape index (κ1) is 23.9. The van der Waals surface area contributed by atoms with Crippen LogP contribution in [-0.2, 0) is 4.65 Å². The number of rotatable bonds is 9. The Morgan fingerprint density at radius 1 is 1.16 bits per heavy atom. The van der Waals surface area contributed by atoms with E-state index >= 15 is 0 Å². The minimum absolute atomic E-state index is 0.0667. The zero-order valence-corrected chi connectivity index (χ0v) is 17.8. The monoisotopic (exact) mass is 348 g/mol. The maximum absolute atomic E-state index is 14.3. The molecule has 1 atom stereocenters. The van der Waals surface area contributed by atoms with Crippen molar-refractivity contribution in [1.82, 2.24) is 0 Å². The third-order valence-corrected chi connectivity index (χ3v) is 4.06. The van der Waals surface area contributed by atoms with Crippen molar-refractivity contribution in [3.63, 3.8) is 0 Å². The van der Waals surface area contributed by atoms with Gasteiger partial charge in [0.2, 0.25) is 0 Å². The molecule has 0 saturated carbocycles. The summed E-state index contributed by atoms with van der Waals surface area (Å²) >= 11 is 0. The van der Waals surface area contributed by atoms with Gasteiger partial charge in [-0.1, -0.05) is 64.5 Å². The van der Waals surface area contributed by atoms with Crippen molar-refractivity contribution >= 4 is 6.92 Å². The van der Waals surface area contributed by atoms with Crippen LogP contribution in [0.25, 0.3) is 0 Å². The van der Waals surface area contributed by atoms with Crippen molar-refractivity contribution in [2.45, 2.75) is 92.7 Å². The van der Waals surface area contributed by atoms with Crippen molar-refractivity contribution in [3.05, 3.63) is 47.0 Å². The lowest BCUT2D eigenvalue weighted by Gasteiger charge is -2.32. The van der Waals surface area contributed by atoms with Gasteiger partial charge in [-0.15, -0.1) is 0 Å². The van der Waals surface area contributed by atoms with Gasteiger partial charge < -0.3 is 4.65 Å². The Labute approximate surface area is 156 Å². The highest BCUT2D eigenvalue weighted by atomic mass is 19.1. The number of halogens is 1. The molecule has 142 valence electrons. The molecule has 0 heterocycles. The fourth-order valence-corrected chi connectivity index (χ4v) is 2.80. The maximum Gasteiger partial charge on any atom is 0.332 e. The number of hydrogen-bond acceptors (Lipinski definition) is 1. The SMILES string of the molecule is C\C=C(B(OC(C)C)C(C)(C)C)/C(C)=C(/C=C\C=C\CCC)C(C)F. The molecule has 0 amide bonds. The first-order chi connectivity index (χ1) is 11.6. The molecule has 0 radical (unpaired) electrons. The normalized spacial score (nSPS) is 16.0. The Morgan fingerprint density at radius 2 is 1.76 bits per heavy atom. The Hall–Kier alpha value is -1.09. The predicted molar refractivity (Wildman–Crippen MR) is 112 cm³/mol. The van der Waals surface area contributed by atoms with Gasteiger partial charge in [0.1, 0.15) is 6.17 Å². The average Bonchev–Trinajstić information content (AvgIpc) is 2.48. The second-order valence-electron chi connectivity index (χ2n) is 7.95. The van der Waals surface area contributed by atoms with Crippen LogP contribution in [0.3, 0.4) is 0 Å². The standard InChI is InChI=1S/C22H38BFO/c1-10-12-13-14-15-16-20(19(6)24)18(5)21(11-2)23(22(7,8)9)25-17(3)4/h11,13-17,19H,10,12H2,1-9H3/b14-13+,16-15-,20-18-,21-11+. The van der Waals surface area contributed by atoms with Gasteiger partial charge in [0.05, 0.1) is 0 Å². The molecule has 25 heavy (non-hydrogen) atoms. The van der Waals surface area contributed by atoms with Gasteiger partial charge in [0.25, 0.3) is 0 Å². The van der Waals surface area contributed by atoms with Gasteiger partial charge in [-0.3, -0.25) is 0 Å². The summed E-state index contributed by atoms with van der Waals surface area (Å²) in [6.45, 7) is 18.3. The topological polar surface area (TPSA) is 9.23 Å². The molecule has 1 unspecified atom stereocenters. The minimum atomic E-state index is -1.02. The van der Waals surface area contributed by atoms with E-state index < -0.39 is 6.17 Å². The first-order valence-electron chi connectivity index (χ1n) is 9.56. The molecule has 0 fully saturated rings. The van der Waals surface area contributed by atoms with Gasteiger partial charge in [-0.2, -0.15) is 0 Å². The van der Waals surface area contributed by atoms with Crippen LogP contribution in [0.1, 0.15) is 75.2 Å². The number of unbranched alkanes of at least 4 members (excludes halogenated alkanes) is 1. The fraction of sp³-hybridized carbons (Fsp3) is 0.636. The van der Waals surface area contributed by atoms with Crippen LogP contribution >= 0.6 is 0 Å². The van der Waals surface area contributed by atoms with E-state index in [9.17, 15) is 4.39 Å². The van der Waals surface area contributed by atoms with E-state index in [1.54, 1.807) is 6.92 Å². The van der Waals surface area contributed by atoms with E-state index in [0.29, 0.717) is 0 Å². The summed E-state index contributed by atoms with van der Waals surface area (Å²) in [5, 5.41) is -0.0667. The zero-order valence-electron chi connectivity index (χ0n) is 17.8. The summed E-state index contributed by atoms with van der Waals surface area (Å²) in [5.74, 6) is 0. The van der Waals surface area contributed by atoms with E-state index in [-0.39, 0.29) is 18.3 Å². The molecular weight excluding hydrogens is 310 g/mol. The number of hydrogen-bond donors (Lipinski definition) is 0. The van der Waals surface area contributed by atoms with Gasteiger partial charge in [0, 0.05) is 6.10 Å². The summed E-state index contributed by atoms with van der Waals surface area (Å²) in [7, 11) is 0. The van der Waals surface area contributed by atoms with Crippen molar-refractivity contribution in [2.24, 2.45) is 0 Å². The van der Waals surface area contributed by atoms with Crippen LogP contribution in [0, 0.1) is 0 Å². The third-order valence-electron chi connectivity index (χ3n) is 4.06. The van der Waals surface area contributed by atoms with Crippen LogP contribution < -0.4 is 0 Å². The molecule has 0 aliphatic rings. The van der Waals surface area contributed by atoms with Crippen molar-refractivity contribution < 1.29 is 9.04 Å². The van der Waals surface area contributed by atoms with Gasteiger partial charge >= 0.3 is 6.92 Å². The fourth-order valence-electron chi connectivity index (χ4n) is 2.80. The first-order valence-corrected chi connectivity index (χ1v) is 9.56. The van der Waals surface area contributed by atoms with Gasteiger partial charge in [-0.25, -0.2) is 4.39 Å². The quantitative estimate of drug-likeness (QED) is 0.314. The lowest BCUT2D eigenvalue weighted by atomic mass is 9.41. The lowest BCUT2D eigenvalue weighted by Crippen LogP contribution is -2.35. The van der Waals surface area contributed by atoms with Gasteiger partial charge in [-0.05, 0) is 63.0 Å². The average molecular weight is 348 g/mol. The van der Waals surface area contributed by atoms with E-state index in [0.717, 1.165) is 29.5 Å². The Balaban J connectivity index is 5.85. The highest BCUT2D eigenvalue weighted by Crippen LogP contribution is 2.36. The lowest BCUT2D eigenvalue weighted by molar-refractivity contribution is 0.234. The summed E-state index contributed by atoms with van der Waals surface area (Å²) in [6, 6.07) is 0. The van der Waals surface area contributed by atoms with Crippen LogP contribution in [0.15, 0.2) is 47.0 Å². The molecule has 0 N–H and O–H groups in total. The molecule has 0 aliphatic carbocycles. The van der Waals surface area contributed by atoms with Crippen LogP contribution in [-0.4, -0.2) is 19.2 Å².